The molecule has 1 aromatic heterocycles. The first-order valence-electron chi connectivity index (χ1n) is 3.86. The van der Waals surface area contributed by atoms with E-state index >= 15 is 0 Å². The zero-order chi connectivity index (χ0) is 9.19. The lowest BCUT2D eigenvalue weighted by Gasteiger charge is -2.16. The number of aromatic nitrogens is 1. The predicted octanol–water partition coefficient (Wildman–Crippen LogP) is 2.58. The second-order valence-corrected chi connectivity index (χ2v) is 6.04. The van der Waals surface area contributed by atoms with Crippen LogP contribution in [0.15, 0.2) is 9.98 Å². The SMILES string of the molecule is CC(C)(N)CCc1ncc(Br)s1. The van der Waals surface area contributed by atoms with Gasteiger partial charge in [0.1, 0.15) is 0 Å². The molecular weight excluding hydrogens is 236 g/mol. The molecule has 0 fully saturated rings. The number of aryl methyl sites for hydroxylation is 1. The van der Waals surface area contributed by atoms with Gasteiger partial charge in [0.2, 0.25) is 0 Å². The summed E-state index contributed by atoms with van der Waals surface area (Å²) in [5, 5.41) is 1.15. The summed E-state index contributed by atoms with van der Waals surface area (Å²) in [6.45, 7) is 4.07. The van der Waals surface area contributed by atoms with E-state index in [2.05, 4.69) is 20.9 Å². The van der Waals surface area contributed by atoms with Gasteiger partial charge in [0.15, 0.2) is 0 Å². The molecule has 4 heteroatoms. The molecule has 0 unspecified atom stereocenters. The van der Waals surface area contributed by atoms with Crippen LogP contribution in [0.2, 0.25) is 0 Å². The van der Waals surface area contributed by atoms with Gasteiger partial charge in [-0.05, 0) is 36.2 Å². The van der Waals surface area contributed by atoms with Crippen molar-refractivity contribution in [2.75, 3.05) is 0 Å². The van der Waals surface area contributed by atoms with E-state index in [-0.39, 0.29) is 5.54 Å². The number of hydrogen-bond donors (Lipinski definition) is 1. The predicted molar refractivity (Wildman–Crippen MR) is 56.4 cm³/mol. The van der Waals surface area contributed by atoms with E-state index in [0.717, 1.165) is 21.6 Å². The third kappa shape index (κ3) is 3.65. The van der Waals surface area contributed by atoms with Gasteiger partial charge in [-0.25, -0.2) is 4.98 Å². The fourth-order valence-corrected chi connectivity index (χ4v) is 2.14. The third-order valence-electron chi connectivity index (χ3n) is 1.51. The lowest BCUT2D eigenvalue weighted by molar-refractivity contribution is 0.476. The highest BCUT2D eigenvalue weighted by Gasteiger charge is 2.11. The molecule has 2 N–H and O–H groups in total. The maximum absolute atomic E-state index is 5.86. The molecule has 0 aliphatic carbocycles. The summed E-state index contributed by atoms with van der Waals surface area (Å²) in [6, 6.07) is 0. The molecule has 12 heavy (non-hydrogen) atoms. The molecule has 0 aromatic carbocycles. The highest BCUT2D eigenvalue weighted by Crippen LogP contribution is 2.21. The number of halogens is 1. The lowest BCUT2D eigenvalue weighted by atomic mass is 10.0. The Balaban J connectivity index is 2.44. The van der Waals surface area contributed by atoms with Gasteiger partial charge in [-0.3, -0.25) is 0 Å². The zero-order valence-corrected chi connectivity index (χ0v) is 9.70. The number of nitrogens with zero attached hydrogens (tertiary/aromatic N) is 1. The van der Waals surface area contributed by atoms with E-state index < -0.39 is 0 Å². The van der Waals surface area contributed by atoms with Crippen LogP contribution in [0.25, 0.3) is 0 Å². The molecule has 2 nitrogen and oxygen atoms in total. The van der Waals surface area contributed by atoms with Crippen molar-refractivity contribution in [1.82, 2.24) is 4.98 Å². The molecule has 0 saturated heterocycles. The van der Waals surface area contributed by atoms with E-state index in [4.69, 9.17) is 5.73 Å². The van der Waals surface area contributed by atoms with E-state index in [0.29, 0.717) is 0 Å². The number of nitrogens with two attached hydrogens (primary N) is 1. The van der Waals surface area contributed by atoms with Crippen LogP contribution in [0.3, 0.4) is 0 Å². The third-order valence-corrected chi connectivity index (χ3v) is 3.04. The Bertz CT molecular complexity index is 252. The molecule has 1 aromatic rings. The Kier molecular flexibility index (Phi) is 3.26. The van der Waals surface area contributed by atoms with Gasteiger partial charge in [0, 0.05) is 12.0 Å². The summed E-state index contributed by atoms with van der Waals surface area (Å²) < 4.78 is 1.09. The van der Waals surface area contributed by atoms with Crippen molar-refractivity contribution in [2.45, 2.75) is 32.2 Å². The average Bonchev–Trinajstić information content (AvgIpc) is 2.30. The van der Waals surface area contributed by atoms with Gasteiger partial charge in [-0.2, -0.15) is 0 Å². The van der Waals surface area contributed by atoms with Crippen molar-refractivity contribution in [3.8, 4) is 0 Å². The second-order valence-electron chi connectivity index (χ2n) is 3.55. The molecule has 0 saturated carbocycles. The van der Waals surface area contributed by atoms with Crippen molar-refractivity contribution in [3.05, 3.63) is 15.0 Å². The standard InChI is InChI=1S/C8H13BrN2S/c1-8(2,10)4-3-7-11-5-6(9)12-7/h5H,3-4,10H2,1-2H3. The van der Waals surface area contributed by atoms with Crippen LogP contribution in [0.1, 0.15) is 25.3 Å². The summed E-state index contributed by atoms with van der Waals surface area (Å²) in [6.07, 6.45) is 3.79. The monoisotopic (exact) mass is 248 g/mol. The van der Waals surface area contributed by atoms with Gasteiger partial charge in [-0.15, -0.1) is 11.3 Å². The highest BCUT2D eigenvalue weighted by atomic mass is 79.9. The minimum Gasteiger partial charge on any atom is -0.326 e. The molecule has 0 bridgehead atoms. The molecule has 1 heterocycles. The molecule has 0 atom stereocenters. The summed E-state index contributed by atoms with van der Waals surface area (Å²) in [5.74, 6) is 0. The summed E-state index contributed by atoms with van der Waals surface area (Å²) in [4.78, 5) is 4.23. The van der Waals surface area contributed by atoms with Gasteiger partial charge < -0.3 is 5.73 Å². The maximum Gasteiger partial charge on any atom is 0.0937 e. The Hall–Kier alpha value is 0.0700. The van der Waals surface area contributed by atoms with Crippen molar-refractivity contribution in [2.24, 2.45) is 5.73 Å². The molecule has 0 radical (unpaired) electrons. The molecule has 1 rings (SSSR count). The van der Waals surface area contributed by atoms with E-state index in [1.165, 1.54) is 0 Å². The summed E-state index contributed by atoms with van der Waals surface area (Å²) >= 11 is 5.06. The lowest BCUT2D eigenvalue weighted by Crippen LogP contribution is -2.32. The normalized spacial score (nSPS) is 12.0. The zero-order valence-electron chi connectivity index (χ0n) is 7.30. The Labute approximate surface area is 85.3 Å². The molecular formula is C8H13BrN2S. The average molecular weight is 249 g/mol. The fourth-order valence-electron chi connectivity index (χ4n) is 0.833. The van der Waals surface area contributed by atoms with Gasteiger partial charge in [0.05, 0.1) is 15.0 Å². The van der Waals surface area contributed by atoms with Crippen molar-refractivity contribution >= 4 is 27.3 Å². The first kappa shape index (κ1) is 10.2. The molecule has 0 aliphatic heterocycles. The quantitative estimate of drug-likeness (QED) is 0.894. The molecule has 68 valence electrons. The Morgan fingerprint density at radius 3 is 2.75 bits per heavy atom. The second kappa shape index (κ2) is 3.85. The minimum absolute atomic E-state index is 0.0852. The fraction of sp³-hybridized carbons (Fsp3) is 0.625. The van der Waals surface area contributed by atoms with Crippen LogP contribution >= 0.6 is 27.3 Å². The summed E-state index contributed by atoms with van der Waals surface area (Å²) in [7, 11) is 0. The largest absolute Gasteiger partial charge is 0.326 e. The van der Waals surface area contributed by atoms with Gasteiger partial charge >= 0.3 is 0 Å². The van der Waals surface area contributed by atoms with E-state index in [9.17, 15) is 0 Å². The molecule has 0 aliphatic rings. The first-order chi connectivity index (χ1) is 5.47. The van der Waals surface area contributed by atoms with E-state index in [1.54, 1.807) is 11.3 Å². The summed E-state index contributed by atoms with van der Waals surface area (Å²) in [5.41, 5.74) is 5.77. The Morgan fingerprint density at radius 2 is 2.33 bits per heavy atom. The first-order valence-corrected chi connectivity index (χ1v) is 5.47. The number of thiazole rings is 1. The van der Waals surface area contributed by atoms with Crippen LogP contribution in [0.5, 0.6) is 0 Å². The topological polar surface area (TPSA) is 38.9 Å². The van der Waals surface area contributed by atoms with Crippen LogP contribution in [-0.4, -0.2) is 10.5 Å². The van der Waals surface area contributed by atoms with Gasteiger partial charge in [0.25, 0.3) is 0 Å². The minimum atomic E-state index is -0.0852. The smallest absolute Gasteiger partial charge is 0.0937 e. The van der Waals surface area contributed by atoms with Crippen LogP contribution in [0, 0.1) is 0 Å². The van der Waals surface area contributed by atoms with E-state index in [1.807, 2.05) is 20.0 Å². The number of hydrogen-bond acceptors (Lipinski definition) is 3. The van der Waals surface area contributed by atoms with Crippen molar-refractivity contribution in [3.63, 3.8) is 0 Å². The molecule has 0 spiro atoms. The molecule has 0 amide bonds. The van der Waals surface area contributed by atoms with Crippen LogP contribution < -0.4 is 5.73 Å². The highest BCUT2D eigenvalue weighted by molar-refractivity contribution is 9.11. The van der Waals surface area contributed by atoms with Crippen LogP contribution in [-0.2, 0) is 6.42 Å². The van der Waals surface area contributed by atoms with Crippen molar-refractivity contribution in [1.29, 1.82) is 0 Å². The van der Waals surface area contributed by atoms with Gasteiger partial charge in [-0.1, -0.05) is 0 Å². The van der Waals surface area contributed by atoms with Crippen molar-refractivity contribution < 1.29 is 0 Å². The Morgan fingerprint density at radius 1 is 1.67 bits per heavy atom. The maximum atomic E-state index is 5.86. The van der Waals surface area contributed by atoms with Crippen LogP contribution in [0.4, 0.5) is 0 Å². The number of rotatable bonds is 3.